The van der Waals surface area contributed by atoms with E-state index < -0.39 is 12.0 Å². The molecule has 102 valence electrons. The van der Waals surface area contributed by atoms with Gasteiger partial charge in [0.1, 0.15) is 11.8 Å². The Kier molecular flexibility index (Phi) is 4.31. The smallest absolute Gasteiger partial charge is 0.327 e. The highest BCUT2D eigenvalue weighted by atomic mass is 32.2. The van der Waals surface area contributed by atoms with E-state index >= 15 is 0 Å². The molecule has 1 fully saturated rings. The van der Waals surface area contributed by atoms with E-state index in [-0.39, 0.29) is 12.3 Å². The summed E-state index contributed by atoms with van der Waals surface area (Å²) in [6, 6.07) is 6.54. The minimum atomic E-state index is -0.941. The number of hydrogen-bond donors (Lipinski definition) is 1. The summed E-state index contributed by atoms with van der Waals surface area (Å²) in [5.41, 5.74) is 0.824. The summed E-state index contributed by atoms with van der Waals surface area (Å²) in [5, 5.41) is 9.05. The second-order valence-corrected chi connectivity index (χ2v) is 5.25. The van der Waals surface area contributed by atoms with E-state index in [4.69, 9.17) is 9.84 Å². The lowest BCUT2D eigenvalue weighted by Gasteiger charge is -2.20. The first-order valence-corrected chi connectivity index (χ1v) is 7.00. The molecule has 1 aromatic carbocycles. The van der Waals surface area contributed by atoms with E-state index in [9.17, 15) is 9.59 Å². The maximum Gasteiger partial charge on any atom is 0.327 e. The highest BCUT2D eigenvalue weighted by molar-refractivity contribution is 7.99. The molecule has 6 heteroatoms. The van der Waals surface area contributed by atoms with Gasteiger partial charge >= 0.3 is 5.97 Å². The van der Waals surface area contributed by atoms with Crippen LogP contribution >= 0.6 is 11.8 Å². The van der Waals surface area contributed by atoms with Gasteiger partial charge in [-0.1, -0.05) is 12.1 Å². The van der Waals surface area contributed by atoms with Gasteiger partial charge < -0.3 is 14.7 Å². The van der Waals surface area contributed by atoms with Crippen molar-refractivity contribution in [3.63, 3.8) is 0 Å². The number of thioether (sulfide) groups is 1. The normalized spacial score (nSPS) is 18.4. The molecule has 1 N–H and O–H groups in total. The summed E-state index contributed by atoms with van der Waals surface area (Å²) < 4.78 is 5.10. The topological polar surface area (TPSA) is 66.8 Å². The van der Waals surface area contributed by atoms with Gasteiger partial charge in [0.05, 0.1) is 19.4 Å². The Hall–Kier alpha value is -1.69. The molecule has 0 unspecified atom stereocenters. The van der Waals surface area contributed by atoms with Crippen molar-refractivity contribution in [1.82, 2.24) is 4.90 Å². The quantitative estimate of drug-likeness (QED) is 0.899. The van der Waals surface area contributed by atoms with E-state index in [2.05, 4.69) is 0 Å². The number of carboxylic acid groups (broad SMARTS) is 1. The third-order valence-electron chi connectivity index (χ3n) is 2.98. The zero-order chi connectivity index (χ0) is 13.8. The van der Waals surface area contributed by atoms with Gasteiger partial charge in [0.15, 0.2) is 0 Å². The maximum absolute atomic E-state index is 12.1. The van der Waals surface area contributed by atoms with Crippen molar-refractivity contribution >= 4 is 23.6 Å². The predicted octanol–water partition coefficient (Wildman–Crippen LogP) is 1.22. The van der Waals surface area contributed by atoms with E-state index in [1.807, 2.05) is 12.1 Å². The van der Waals surface area contributed by atoms with Crippen LogP contribution in [0, 0.1) is 0 Å². The van der Waals surface area contributed by atoms with E-state index in [0.717, 1.165) is 5.56 Å². The van der Waals surface area contributed by atoms with Crippen molar-refractivity contribution < 1.29 is 19.4 Å². The van der Waals surface area contributed by atoms with Crippen molar-refractivity contribution in [2.45, 2.75) is 12.5 Å². The molecule has 0 bridgehead atoms. The Labute approximate surface area is 115 Å². The second kappa shape index (κ2) is 5.97. The van der Waals surface area contributed by atoms with Gasteiger partial charge in [-0.2, -0.15) is 0 Å². The molecule has 0 saturated carbocycles. The van der Waals surface area contributed by atoms with Crippen LogP contribution in [0.5, 0.6) is 5.75 Å². The lowest BCUT2D eigenvalue weighted by atomic mass is 10.1. The molecule has 0 aliphatic carbocycles. The SMILES string of the molecule is COc1cccc(CC(=O)N2CSC[C@H]2C(=O)O)c1. The number of benzene rings is 1. The van der Waals surface area contributed by atoms with Gasteiger partial charge in [0.25, 0.3) is 0 Å². The Morgan fingerprint density at radius 3 is 3.00 bits per heavy atom. The monoisotopic (exact) mass is 281 g/mol. The lowest BCUT2D eigenvalue weighted by Crippen LogP contribution is -2.42. The number of rotatable bonds is 4. The Morgan fingerprint density at radius 2 is 2.32 bits per heavy atom. The van der Waals surface area contributed by atoms with Crippen LogP contribution < -0.4 is 4.74 Å². The van der Waals surface area contributed by atoms with Crippen molar-refractivity contribution in [2.24, 2.45) is 0 Å². The van der Waals surface area contributed by atoms with Crippen molar-refractivity contribution in [1.29, 1.82) is 0 Å². The van der Waals surface area contributed by atoms with Gasteiger partial charge in [-0.05, 0) is 17.7 Å². The molecule has 1 aromatic rings. The van der Waals surface area contributed by atoms with Gasteiger partial charge in [0, 0.05) is 5.75 Å². The largest absolute Gasteiger partial charge is 0.497 e. The highest BCUT2D eigenvalue weighted by Gasteiger charge is 2.34. The van der Waals surface area contributed by atoms with Crippen LogP contribution in [0.25, 0.3) is 0 Å². The maximum atomic E-state index is 12.1. The van der Waals surface area contributed by atoms with Gasteiger partial charge in [-0.25, -0.2) is 4.79 Å². The number of carboxylic acids is 1. The number of nitrogens with zero attached hydrogens (tertiary/aromatic N) is 1. The zero-order valence-corrected chi connectivity index (χ0v) is 11.4. The van der Waals surface area contributed by atoms with Crippen molar-refractivity contribution in [3.8, 4) is 5.75 Å². The van der Waals surface area contributed by atoms with Crippen molar-refractivity contribution in [3.05, 3.63) is 29.8 Å². The number of aliphatic carboxylic acids is 1. The molecule has 2 rings (SSSR count). The van der Waals surface area contributed by atoms with Crippen LogP contribution in [0.4, 0.5) is 0 Å². The minimum absolute atomic E-state index is 0.161. The standard InChI is InChI=1S/C13H15NO4S/c1-18-10-4-2-3-9(5-10)6-12(15)14-8-19-7-11(14)13(16)17/h2-5,11H,6-8H2,1H3,(H,16,17)/t11-/m0/s1. The Morgan fingerprint density at radius 1 is 1.53 bits per heavy atom. The second-order valence-electron chi connectivity index (χ2n) is 4.25. The molecule has 1 heterocycles. The predicted molar refractivity (Wildman–Crippen MR) is 72.3 cm³/mol. The average Bonchev–Trinajstić information content (AvgIpc) is 2.88. The van der Waals surface area contributed by atoms with Crippen molar-refractivity contribution in [2.75, 3.05) is 18.7 Å². The first-order valence-electron chi connectivity index (χ1n) is 5.85. The van der Waals surface area contributed by atoms with Crippen LogP contribution in [0.2, 0.25) is 0 Å². The molecule has 1 saturated heterocycles. The zero-order valence-electron chi connectivity index (χ0n) is 10.5. The van der Waals surface area contributed by atoms with Crippen LogP contribution in [0.15, 0.2) is 24.3 Å². The minimum Gasteiger partial charge on any atom is -0.497 e. The Balaban J connectivity index is 2.06. The number of hydrogen-bond acceptors (Lipinski definition) is 4. The summed E-state index contributed by atoms with van der Waals surface area (Å²) in [6.45, 7) is 0. The molecular formula is C13H15NO4S. The first kappa shape index (κ1) is 13.7. The summed E-state index contributed by atoms with van der Waals surface area (Å²) in [4.78, 5) is 24.6. The molecule has 19 heavy (non-hydrogen) atoms. The summed E-state index contributed by atoms with van der Waals surface area (Å²) >= 11 is 1.46. The van der Waals surface area contributed by atoms with E-state index in [1.165, 1.54) is 16.7 Å². The van der Waals surface area contributed by atoms with Crippen LogP contribution in [0.1, 0.15) is 5.56 Å². The van der Waals surface area contributed by atoms with Crippen LogP contribution in [-0.2, 0) is 16.0 Å². The molecule has 0 aromatic heterocycles. The fourth-order valence-electron chi connectivity index (χ4n) is 1.95. The third-order valence-corrected chi connectivity index (χ3v) is 3.99. The number of methoxy groups -OCH3 is 1. The lowest BCUT2D eigenvalue weighted by molar-refractivity contribution is -0.147. The fraction of sp³-hybridized carbons (Fsp3) is 0.385. The summed E-state index contributed by atoms with van der Waals surface area (Å²) in [6.07, 6.45) is 0.196. The molecule has 1 aliphatic heterocycles. The molecule has 1 aliphatic rings. The van der Waals surface area contributed by atoms with E-state index in [0.29, 0.717) is 17.4 Å². The molecule has 5 nitrogen and oxygen atoms in total. The number of carbonyl (C=O) groups excluding carboxylic acids is 1. The summed E-state index contributed by atoms with van der Waals surface area (Å²) in [5.74, 6) is 0.490. The average molecular weight is 281 g/mol. The first-order chi connectivity index (χ1) is 9.11. The molecule has 0 radical (unpaired) electrons. The van der Waals surface area contributed by atoms with Gasteiger partial charge in [-0.3, -0.25) is 4.79 Å². The Bertz CT molecular complexity index is 491. The molecule has 1 amide bonds. The van der Waals surface area contributed by atoms with Gasteiger partial charge in [0.2, 0.25) is 5.91 Å². The number of ether oxygens (including phenoxy) is 1. The number of amides is 1. The molecular weight excluding hydrogens is 266 g/mol. The van der Waals surface area contributed by atoms with Gasteiger partial charge in [-0.15, -0.1) is 11.8 Å². The molecule has 1 atom stereocenters. The third kappa shape index (κ3) is 3.20. The van der Waals surface area contributed by atoms with E-state index in [1.54, 1.807) is 19.2 Å². The van der Waals surface area contributed by atoms with Crippen LogP contribution in [-0.4, -0.2) is 46.7 Å². The van der Waals surface area contributed by atoms with Crippen LogP contribution in [0.3, 0.4) is 0 Å². The number of carbonyl (C=O) groups is 2. The fourth-order valence-corrected chi connectivity index (χ4v) is 3.12. The molecule has 0 spiro atoms. The summed E-state index contributed by atoms with van der Waals surface area (Å²) in [7, 11) is 1.57. The highest BCUT2D eigenvalue weighted by Crippen LogP contribution is 2.22.